The number of fused-ring (bicyclic) bond motifs is 3. The summed E-state index contributed by atoms with van der Waals surface area (Å²) in [6, 6.07) is 2.09. The molecule has 1 aromatic carbocycles. The molecule has 10 nitrogen and oxygen atoms in total. The predicted molar refractivity (Wildman–Crippen MR) is 120 cm³/mol. The lowest BCUT2D eigenvalue weighted by Gasteiger charge is -2.37. The number of aromatic nitrogens is 3. The molecule has 12 heteroatoms. The summed E-state index contributed by atoms with van der Waals surface area (Å²) in [4.78, 5) is 36.6. The van der Waals surface area contributed by atoms with E-state index in [1.54, 1.807) is 4.68 Å². The lowest BCUT2D eigenvalue weighted by atomic mass is 9.87. The number of nitrogens with one attached hydrogen (secondary N) is 2. The Kier molecular flexibility index (Phi) is 5.78. The van der Waals surface area contributed by atoms with Crippen LogP contribution in [0.25, 0.3) is 0 Å². The Bertz CT molecular complexity index is 1170. The van der Waals surface area contributed by atoms with Crippen LogP contribution < -0.4 is 16.4 Å². The molecule has 2 aliphatic carbocycles. The molecule has 34 heavy (non-hydrogen) atoms. The number of ether oxygens (including phenoxy) is 1. The third-order valence-corrected chi connectivity index (χ3v) is 7.54. The summed E-state index contributed by atoms with van der Waals surface area (Å²) >= 11 is 3.18. The molecule has 2 fully saturated rings. The minimum Gasteiger partial charge on any atom is -0.448 e. The van der Waals surface area contributed by atoms with Crippen molar-refractivity contribution in [3.63, 3.8) is 0 Å². The van der Waals surface area contributed by atoms with Crippen LogP contribution in [-0.4, -0.2) is 51.1 Å². The molecular formula is C22H24BrFN6O4. The molecular weight excluding hydrogens is 511 g/mol. The van der Waals surface area contributed by atoms with E-state index in [4.69, 9.17) is 10.5 Å². The highest BCUT2D eigenvalue weighted by Gasteiger charge is 2.55. The normalized spacial score (nSPS) is 27.2. The highest BCUT2D eigenvalue weighted by atomic mass is 79.9. The highest BCUT2D eigenvalue weighted by molar-refractivity contribution is 9.10. The molecule has 0 saturated heterocycles. The number of benzene rings is 1. The Morgan fingerprint density at radius 1 is 1.38 bits per heavy atom. The smallest absolute Gasteiger partial charge is 0.339 e. The van der Waals surface area contributed by atoms with Gasteiger partial charge >= 0.3 is 12.0 Å². The van der Waals surface area contributed by atoms with Gasteiger partial charge in [-0.05, 0) is 43.7 Å². The zero-order valence-corrected chi connectivity index (χ0v) is 19.8. The summed E-state index contributed by atoms with van der Waals surface area (Å²) in [7, 11) is 0. The van der Waals surface area contributed by atoms with Gasteiger partial charge in [-0.1, -0.05) is 21.1 Å². The second kappa shape index (κ2) is 8.64. The zero-order valence-electron chi connectivity index (χ0n) is 18.2. The number of nitrogens with two attached hydrogens (primary N) is 1. The average molecular weight is 535 g/mol. The van der Waals surface area contributed by atoms with Gasteiger partial charge in [-0.15, -0.1) is 5.10 Å². The first-order valence-corrected chi connectivity index (χ1v) is 12.0. The van der Waals surface area contributed by atoms with Crippen LogP contribution in [0.2, 0.25) is 0 Å². The molecule has 180 valence electrons. The molecule has 1 aromatic heterocycles. The van der Waals surface area contributed by atoms with E-state index in [0.717, 1.165) is 25.7 Å². The van der Waals surface area contributed by atoms with Crippen LogP contribution in [-0.2, 0) is 22.4 Å². The van der Waals surface area contributed by atoms with Crippen LogP contribution in [0.5, 0.6) is 0 Å². The molecule has 2 bridgehead atoms. The number of primary amides is 1. The van der Waals surface area contributed by atoms with Crippen molar-refractivity contribution in [1.82, 2.24) is 25.6 Å². The number of cyclic esters (lactones) is 1. The summed E-state index contributed by atoms with van der Waals surface area (Å²) in [5.74, 6) is -1.24. The highest BCUT2D eigenvalue weighted by Crippen LogP contribution is 2.53. The van der Waals surface area contributed by atoms with Gasteiger partial charge < -0.3 is 21.1 Å². The maximum Gasteiger partial charge on any atom is 0.339 e. The monoisotopic (exact) mass is 534 g/mol. The fourth-order valence-electron chi connectivity index (χ4n) is 5.56. The Hall–Kier alpha value is -3.02. The van der Waals surface area contributed by atoms with Crippen molar-refractivity contribution in [3.8, 4) is 0 Å². The van der Waals surface area contributed by atoms with Gasteiger partial charge in [0.25, 0.3) is 5.91 Å². The largest absolute Gasteiger partial charge is 0.448 e. The van der Waals surface area contributed by atoms with E-state index in [1.807, 2.05) is 6.20 Å². The first-order valence-electron chi connectivity index (χ1n) is 11.2. The standard InChI is InChI=1S/C22H24BrFN6O4/c23-12-6-15-14(16(24)7-12)8-17(34-20(15)32)19(31)27-22-3-1-11(9-22)5-18(22)30-10-13(28-29-30)2-4-26-21(25)33/h6-7,10-11,17-18H,1-5,8-9H2,(H,27,31)(H3,25,26,33). The van der Waals surface area contributed by atoms with Crippen molar-refractivity contribution < 1.29 is 23.5 Å². The number of urea groups is 1. The number of hydrogen-bond donors (Lipinski definition) is 3. The Morgan fingerprint density at radius 2 is 2.21 bits per heavy atom. The molecule has 2 aromatic rings. The van der Waals surface area contributed by atoms with Gasteiger partial charge in [0.1, 0.15) is 5.82 Å². The lowest BCUT2D eigenvalue weighted by molar-refractivity contribution is -0.132. The van der Waals surface area contributed by atoms with E-state index in [2.05, 4.69) is 36.9 Å². The molecule has 2 heterocycles. The van der Waals surface area contributed by atoms with Crippen LogP contribution in [0.4, 0.5) is 9.18 Å². The molecule has 3 aliphatic rings. The van der Waals surface area contributed by atoms with Gasteiger partial charge in [0.15, 0.2) is 6.10 Å². The van der Waals surface area contributed by atoms with Gasteiger partial charge in [-0.3, -0.25) is 4.79 Å². The van der Waals surface area contributed by atoms with E-state index < -0.39 is 35.4 Å². The number of halogens is 2. The Balaban J connectivity index is 1.31. The topological polar surface area (TPSA) is 141 Å². The first kappa shape index (κ1) is 22.8. The van der Waals surface area contributed by atoms with Gasteiger partial charge in [0.2, 0.25) is 0 Å². The number of esters is 1. The van der Waals surface area contributed by atoms with Crippen LogP contribution in [0.15, 0.2) is 22.8 Å². The van der Waals surface area contributed by atoms with Crippen molar-refractivity contribution in [3.05, 3.63) is 45.4 Å². The number of carbonyl (C=O) groups excluding carboxylic acids is 3. The summed E-state index contributed by atoms with van der Waals surface area (Å²) in [5.41, 5.74) is 5.58. The van der Waals surface area contributed by atoms with Crippen LogP contribution in [0.1, 0.15) is 53.3 Å². The molecule has 2 saturated carbocycles. The molecule has 3 amide bonds. The average Bonchev–Trinajstić information content (AvgIpc) is 3.48. The van der Waals surface area contributed by atoms with Crippen LogP contribution >= 0.6 is 15.9 Å². The van der Waals surface area contributed by atoms with E-state index in [1.165, 1.54) is 12.1 Å². The number of nitrogens with zero attached hydrogens (tertiary/aromatic N) is 3. The second-order valence-corrected chi connectivity index (χ2v) is 10.2. The van der Waals surface area contributed by atoms with Crippen molar-refractivity contribution in [2.24, 2.45) is 11.7 Å². The van der Waals surface area contributed by atoms with Gasteiger partial charge in [0.05, 0.1) is 22.8 Å². The second-order valence-electron chi connectivity index (χ2n) is 9.25. The zero-order chi connectivity index (χ0) is 24.0. The summed E-state index contributed by atoms with van der Waals surface area (Å²) in [6.45, 7) is 0.352. The van der Waals surface area contributed by atoms with E-state index in [0.29, 0.717) is 29.1 Å². The summed E-state index contributed by atoms with van der Waals surface area (Å²) < 4.78 is 22.1. The number of amides is 3. The van der Waals surface area contributed by atoms with Crippen molar-refractivity contribution >= 4 is 33.8 Å². The lowest BCUT2D eigenvalue weighted by Crippen LogP contribution is -2.55. The summed E-state index contributed by atoms with van der Waals surface area (Å²) in [5, 5.41) is 14.1. The van der Waals surface area contributed by atoms with E-state index in [9.17, 15) is 18.8 Å². The molecule has 4 N–H and O–H groups in total. The molecule has 0 radical (unpaired) electrons. The molecule has 4 atom stereocenters. The fourth-order valence-corrected chi connectivity index (χ4v) is 5.99. The number of hydrogen-bond acceptors (Lipinski definition) is 6. The van der Waals surface area contributed by atoms with E-state index in [-0.39, 0.29) is 23.6 Å². The third-order valence-electron chi connectivity index (χ3n) is 7.09. The minimum atomic E-state index is -1.10. The SMILES string of the molecule is NC(=O)NCCc1cn(C2CC3CCC2(NC(=O)C2Cc4c(F)cc(Br)cc4C(=O)O2)C3)nn1. The molecule has 0 spiro atoms. The Labute approximate surface area is 202 Å². The van der Waals surface area contributed by atoms with Gasteiger partial charge in [0, 0.05) is 35.6 Å². The van der Waals surface area contributed by atoms with Crippen molar-refractivity contribution in [2.75, 3.05) is 6.54 Å². The van der Waals surface area contributed by atoms with E-state index >= 15 is 0 Å². The van der Waals surface area contributed by atoms with Gasteiger partial charge in [-0.25, -0.2) is 18.7 Å². The van der Waals surface area contributed by atoms with Crippen LogP contribution in [0, 0.1) is 11.7 Å². The quantitative estimate of drug-likeness (QED) is 0.482. The molecule has 1 aliphatic heterocycles. The fraction of sp³-hybridized carbons (Fsp3) is 0.500. The van der Waals surface area contributed by atoms with Crippen molar-refractivity contribution in [2.45, 2.75) is 56.2 Å². The predicted octanol–water partition coefficient (Wildman–Crippen LogP) is 1.77. The maximum absolute atomic E-state index is 14.5. The van der Waals surface area contributed by atoms with Crippen molar-refractivity contribution in [1.29, 1.82) is 0 Å². The summed E-state index contributed by atoms with van der Waals surface area (Å²) in [6.07, 6.45) is 4.58. The first-order chi connectivity index (χ1) is 16.2. The molecule has 4 unspecified atom stereocenters. The third kappa shape index (κ3) is 4.15. The number of carbonyl (C=O) groups is 3. The Morgan fingerprint density at radius 3 is 2.97 bits per heavy atom. The minimum absolute atomic E-state index is 0.0173. The maximum atomic E-state index is 14.5. The van der Waals surface area contributed by atoms with Crippen LogP contribution in [0.3, 0.4) is 0 Å². The molecule has 5 rings (SSSR count). The number of rotatable bonds is 6. The van der Waals surface area contributed by atoms with Gasteiger partial charge in [-0.2, -0.15) is 0 Å².